The Morgan fingerprint density at radius 2 is 1.95 bits per heavy atom. The summed E-state index contributed by atoms with van der Waals surface area (Å²) >= 11 is 0. The van der Waals surface area contributed by atoms with Crippen molar-refractivity contribution in [3.05, 3.63) is 17.2 Å². The van der Waals surface area contributed by atoms with Crippen molar-refractivity contribution >= 4 is 0 Å². The Balaban J connectivity index is 2.14. The second kappa shape index (κ2) is 4.93. The van der Waals surface area contributed by atoms with Crippen LogP contribution in [0.2, 0.25) is 0 Å². The summed E-state index contributed by atoms with van der Waals surface area (Å²) in [5.41, 5.74) is 3.19. The summed E-state index contributed by atoms with van der Waals surface area (Å²) in [6.07, 6.45) is 2.32. The van der Waals surface area contributed by atoms with Gasteiger partial charge >= 0.3 is 0 Å². The number of hydrogen-bond donors (Lipinski definition) is 2. The second-order valence-electron chi connectivity index (χ2n) is 7.94. The molecule has 1 aliphatic rings. The summed E-state index contributed by atoms with van der Waals surface area (Å²) in [6, 6.07) is 0. The summed E-state index contributed by atoms with van der Waals surface area (Å²) in [5.74, 6) is 1.77. The molecule has 1 heterocycles. The summed E-state index contributed by atoms with van der Waals surface area (Å²) in [5, 5.41) is 3.46. The van der Waals surface area contributed by atoms with Gasteiger partial charge in [0.25, 0.3) is 0 Å². The molecule has 0 spiro atoms. The summed E-state index contributed by atoms with van der Waals surface area (Å²) in [4.78, 5) is 8.39. The lowest BCUT2D eigenvalue weighted by atomic mass is 9.66. The molecular weight excluding hydrogens is 234 g/mol. The van der Waals surface area contributed by atoms with Gasteiger partial charge in [0.05, 0.1) is 12.2 Å². The van der Waals surface area contributed by atoms with Crippen molar-refractivity contribution in [2.45, 2.75) is 66.3 Å². The fourth-order valence-electron chi connectivity index (χ4n) is 3.54. The fourth-order valence-corrected chi connectivity index (χ4v) is 3.54. The predicted octanol–water partition coefficient (Wildman–Crippen LogP) is 3.41. The molecule has 2 rings (SSSR count). The number of hydrogen-bond acceptors (Lipinski definition) is 2. The van der Waals surface area contributed by atoms with E-state index in [-0.39, 0.29) is 5.41 Å². The fraction of sp³-hybridized carbons (Fsp3) is 0.812. The minimum absolute atomic E-state index is 0.184. The lowest BCUT2D eigenvalue weighted by Crippen LogP contribution is -2.34. The van der Waals surface area contributed by atoms with Crippen molar-refractivity contribution < 1.29 is 0 Å². The maximum Gasteiger partial charge on any atom is 0.120 e. The number of aromatic nitrogens is 2. The van der Waals surface area contributed by atoms with Crippen LogP contribution in [-0.2, 0) is 18.4 Å². The van der Waals surface area contributed by atoms with Gasteiger partial charge in [-0.1, -0.05) is 41.5 Å². The molecule has 0 fully saturated rings. The van der Waals surface area contributed by atoms with E-state index in [1.165, 1.54) is 17.8 Å². The van der Waals surface area contributed by atoms with E-state index in [0.29, 0.717) is 11.3 Å². The minimum Gasteiger partial charge on any atom is -0.345 e. The third kappa shape index (κ3) is 3.38. The van der Waals surface area contributed by atoms with E-state index in [2.05, 4.69) is 51.8 Å². The first-order valence-electron chi connectivity index (χ1n) is 7.49. The van der Waals surface area contributed by atoms with Crippen molar-refractivity contribution in [2.75, 3.05) is 6.54 Å². The quantitative estimate of drug-likeness (QED) is 0.874. The van der Waals surface area contributed by atoms with Crippen LogP contribution >= 0.6 is 0 Å². The Morgan fingerprint density at radius 3 is 2.58 bits per heavy atom. The molecule has 3 nitrogen and oxygen atoms in total. The summed E-state index contributed by atoms with van der Waals surface area (Å²) in [6.45, 7) is 15.7. The van der Waals surface area contributed by atoms with Crippen LogP contribution in [0, 0.1) is 11.3 Å². The van der Waals surface area contributed by atoms with Gasteiger partial charge in [0.1, 0.15) is 5.82 Å². The first-order chi connectivity index (χ1) is 8.70. The zero-order valence-electron chi connectivity index (χ0n) is 13.4. The maximum atomic E-state index is 4.85. The van der Waals surface area contributed by atoms with E-state index >= 15 is 0 Å². The third-order valence-corrected chi connectivity index (χ3v) is 3.89. The molecule has 0 unspecified atom stereocenters. The Kier molecular flexibility index (Phi) is 3.78. The van der Waals surface area contributed by atoms with Gasteiger partial charge < -0.3 is 10.3 Å². The Hall–Kier alpha value is -0.830. The number of fused-ring (bicyclic) bond motifs is 1. The molecule has 0 saturated carbocycles. The normalized spacial score (nSPS) is 20.6. The summed E-state index contributed by atoms with van der Waals surface area (Å²) in [7, 11) is 0. The monoisotopic (exact) mass is 263 g/mol. The van der Waals surface area contributed by atoms with Gasteiger partial charge in [-0.15, -0.1) is 0 Å². The maximum absolute atomic E-state index is 4.85. The van der Waals surface area contributed by atoms with E-state index < -0.39 is 0 Å². The molecule has 2 N–H and O–H groups in total. The topological polar surface area (TPSA) is 40.7 Å². The zero-order valence-corrected chi connectivity index (χ0v) is 13.4. The van der Waals surface area contributed by atoms with Gasteiger partial charge in [-0.3, -0.25) is 0 Å². The Morgan fingerprint density at radius 1 is 1.26 bits per heavy atom. The highest BCUT2D eigenvalue weighted by molar-refractivity contribution is 5.28. The van der Waals surface area contributed by atoms with E-state index in [9.17, 15) is 0 Å². The Bertz CT molecular complexity index is 441. The van der Waals surface area contributed by atoms with Crippen LogP contribution in [0.5, 0.6) is 0 Å². The van der Waals surface area contributed by atoms with E-state index in [1.54, 1.807) is 0 Å². The highest BCUT2D eigenvalue weighted by atomic mass is 15.0. The van der Waals surface area contributed by atoms with Crippen molar-refractivity contribution in [2.24, 2.45) is 11.3 Å². The number of nitrogens with one attached hydrogen (secondary N) is 2. The van der Waals surface area contributed by atoms with Crippen LogP contribution in [0.3, 0.4) is 0 Å². The molecule has 0 aliphatic heterocycles. The van der Waals surface area contributed by atoms with Crippen LogP contribution < -0.4 is 5.32 Å². The number of H-pyrrole nitrogens is 1. The molecule has 1 aliphatic carbocycles. The first-order valence-corrected chi connectivity index (χ1v) is 7.49. The molecule has 3 heteroatoms. The second-order valence-corrected chi connectivity index (χ2v) is 7.94. The van der Waals surface area contributed by atoms with Gasteiger partial charge in [-0.2, -0.15) is 0 Å². The molecule has 1 aromatic heterocycles. The lowest BCUT2D eigenvalue weighted by Gasteiger charge is -2.39. The Labute approximate surface area is 117 Å². The molecule has 108 valence electrons. The van der Waals surface area contributed by atoms with Gasteiger partial charge in [-0.25, -0.2) is 4.98 Å². The molecule has 0 bridgehead atoms. The van der Waals surface area contributed by atoms with Crippen molar-refractivity contribution in [3.8, 4) is 0 Å². The third-order valence-electron chi connectivity index (χ3n) is 3.89. The molecule has 0 radical (unpaired) electrons. The predicted molar refractivity (Wildman–Crippen MR) is 80.3 cm³/mol. The molecule has 19 heavy (non-hydrogen) atoms. The van der Waals surface area contributed by atoms with Crippen molar-refractivity contribution in [1.82, 2.24) is 15.3 Å². The van der Waals surface area contributed by atoms with Crippen LogP contribution in [0.4, 0.5) is 0 Å². The van der Waals surface area contributed by atoms with Gasteiger partial charge in [0.15, 0.2) is 0 Å². The molecule has 0 atom stereocenters. The van der Waals surface area contributed by atoms with Crippen molar-refractivity contribution in [1.29, 1.82) is 0 Å². The van der Waals surface area contributed by atoms with E-state index in [1.807, 2.05) is 0 Å². The molecule has 1 aromatic rings. The smallest absolute Gasteiger partial charge is 0.120 e. The van der Waals surface area contributed by atoms with Crippen LogP contribution in [0.15, 0.2) is 0 Å². The van der Waals surface area contributed by atoms with Crippen molar-refractivity contribution in [3.63, 3.8) is 0 Å². The number of nitrogens with zero attached hydrogens (tertiary/aromatic N) is 1. The summed E-state index contributed by atoms with van der Waals surface area (Å²) < 4.78 is 0. The number of aromatic amines is 1. The largest absolute Gasteiger partial charge is 0.345 e. The lowest BCUT2D eigenvalue weighted by molar-refractivity contribution is 0.226. The highest BCUT2D eigenvalue weighted by Gasteiger charge is 2.39. The average Bonchev–Trinajstić information content (AvgIpc) is 2.57. The molecular formula is C16H29N3. The van der Waals surface area contributed by atoms with Gasteiger partial charge in [-0.05, 0) is 30.7 Å². The standard InChI is InChI=1S/C16H29N3/c1-11(2)8-17-9-13-18-12-7-15(3,4)10-16(5,6)14(12)19-13/h11,17H,7-10H2,1-6H3,(H,18,19). The SMILES string of the molecule is CC(C)CNCc1nc2c([nH]1)CC(C)(C)CC2(C)C. The van der Waals surface area contributed by atoms with E-state index in [0.717, 1.165) is 25.3 Å². The highest BCUT2D eigenvalue weighted by Crippen LogP contribution is 2.44. The molecule has 0 saturated heterocycles. The van der Waals surface area contributed by atoms with Crippen LogP contribution in [-0.4, -0.2) is 16.5 Å². The minimum atomic E-state index is 0.184. The zero-order chi connectivity index (χ0) is 14.3. The average molecular weight is 263 g/mol. The van der Waals surface area contributed by atoms with Gasteiger partial charge in [0.2, 0.25) is 0 Å². The first kappa shape index (κ1) is 14.6. The number of rotatable bonds is 4. The van der Waals surface area contributed by atoms with Gasteiger partial charge in [0, 0.05) is 11.1 Å². The molecule has 0 aromatic carbocycles. The van der Waals surface area contributed by atoms with E-state index in [4.69, 9.17) is 4.98 Å². The molecule has 0 amide bonds. The number of imidazole rings is 1. The van der Waals surface area contributed by atoms with Crippen LogP contribution in [0.1, 0.15) is 65.2 Å². The van der Waals surface area contributed by atoms with Crippen LogP contribution in [0.25, 0.3) is 0 Å².